The Labute approximate surface area is 126 Å². The Balaban J connectivity index is 2.00. The van der Waals surface area contributed by atoms with E-state index < -0.39 is 5.79 Å². The minimum absolute atomic E-state index is 0.0318. The molecule has 2 fully saturated rings. The van der Waals surface area contributed by atoms with Crippen LogP contribution in [0.1, 0.15) is 45.3 Å². The number of fused-ring (bicyclic) bond motifs is 2. The zero-order valence-corrected chi connectivity index (χ0v) is 13.0. The summed E-state index contributed by atoms with van der Waals surface area (Å²) in [6.07, 6.45) is 3.77. The zero-order chi connectivity index (χ0) is 15.3. The maximum absolute atomic E-state index is 9.49. The minimum atomic E-state index is -0.490. The quantitative estimate of drug-likeness (QED) is 0.848. The highest BCUT2D eigenvalue weighted by atomic mass is 16.8. The van der Waals surface area contributed by atoms with Crippen LogP contribution < -0.4 is 0 Å². The van der Waals surface area contributed by atoms with E-state index in [0.717, 1.165) is 18.4 Å². The van der Waals surface area contributed by atoms with Gasteiger partial charge in [-0.25, -0.2) is 0 Å². The Morgan fingerprint density at radius 2 is 1.90 bits per heavy atom. The molecular formula is C18H24O3. The van der Waals surface area contributed by atoms with E-state index in [-0.39, 0.29) is 23.4 Å². The van der Waals surface area contributed by atoms with E-state index in [4.69, 9.17) is 9.47 Å². The maximum atomic E-state index is 9.49. The summed E-state index contributed by atoms with van der Waals surface area (Å²) in [7, 11) is 0. The molecule has 21 heavy (non-hydrogen) atoms. The average molecular weight is 288 g/mol. The third-order valence-electron chi connectivity index (χ3n) is 5.16. The lowest BCUT2D eigenvalue weighted by Gasteiger charge is -2.42. The zero-order valence-electron chi connectivity index (χ0n) is 13.0. The summed E-state index contributed by atoms with van der Waals surface area (Å²) in [6, 6.07) is 7.24. The van der Waals surface area contributed by atoms with Crippen LogP contribution in [0.25, 0.3) is 0 Å². The molecule has 0 amide bonds. The van der Waals surface area contributed by atoms with Crippen molar-refractivity contribution in [1.82, 2.24) is 0 Å². The highest BCUT2D eigenvalue weighted by molar-refractivity contribution is 5.30. The Hall–Kier alpha value is -1.32. The fraction of sp³-hybridized carbons (Fsp3) is 0.556. The summed E-state index contributed by atoms with van der Waals surface area (Å²) >= 11 is 0. The molecule has 0 aliphatic carbocycles. The molecule has 3 nitrogen and oxygen atoms in total. The number of hydrogen-bond acceptors (Lipinski definition) is 3. The van der Waals surface area contributed by atoms with Crippen LogP contribution in [0.3, 0.4) is 0 Å². The molecule has 2 aliphatic heterocycles. The first-order chi connectivity index (χ1) is 9.90. The van der Waals surface area contributed by atoms with E-state index in [1.54, 1.807) is 12.1 Å². The smallest absolute Gasteiger partial charge is 0.172 e. The van der Waals surface area contributed by atoms with Gasteiger partial charge in [0, 0.05) is 17.8 Å². The molecule has 2 saturated heterocycles. The molecule has 4 atom stereocenters. The fourth-order valence-electron chi connectivity index (χ4n) is 3.45. The second-order valence-electron chi connectivity index (χ2n) is 6.84. The summed E-state index contributed by atoms with van der Waals surface area (Å²) in [5, 5.41) is 9.49. The highest BCUT2D eigenvalue weighted by Gasteiger charge is 2.59. The first kappa shape index (κ1) is 14.6. The Morgan fingerprint density at radius 3 is 2.48 bits per heavy atom. The van der Waals surface area contributed by atoms with Crippen molar-refractivity contribution < 1.29 is 14.6 Å². The van der Waals surface area contributed by atoms with Gasteiger partial charge in [-0.3, -0.25) is 0 Å². The minimum Gasteiger partial charge on any atom is -0.508 e. The summed E-state index contributed by atoms with van der Waals surface area (Å²) in [6.45, 7) is 10.5. The molecule has 0 radical (unpaired) electrons. The molecule has 0 spiro atoms. The highest BCUT2D eigenvalue weighted by Crippen LogP contribution is 2.56. The van der Waals surface area contributed by atoms with Gasteiger partial charge in [-0.15, -0.1) is 6.58 Å². The van der Waals surface area contributed by atoms with E-state index in [2.05, 4.69) is 27.4 Å². The summed E-state index contributed by atoms with van der Waals surface area (Å²) < 4.78 is 12.8. The number of phenolic OH excluding ortho intramolecular Hbond substituents is 1. The number of ether oxygens (including phenoxy) is 2. The fourth-order valence-corrected chi connectivity index (χ4v) is 3.45. The summed E-state index contributed by atoms with van der Waals surface area (Å²) in [5.74, 6) is 0.0811. The Morgan fingerprint density at radius 1 is 1.24 bits per heavy atom. The van der Waals surface area contributed by atoms with Crippen molar-refractivity contribution in [2.24, 2.45) is 11.3 Å². The predicted molar refractivity (Wildman–Crippen MR) is 81.9 cm³/mol. The van der Waals surface area contributed by atoms with Gasteiger partial charge in [0.1, 0.15) is 18.0 Å². The molecule has 2 bridgehead atoms. The molecule has 3 heteroatoms. The number of aromatic hydroxyl groups is 1. The van der Waals surface area contributed by atoms with Gasteiger partial charge in [0.05, 0.1) is 0 Å². The molecule has 1 aromatic carbocycles. The number of hydrogen-bond donors (Lipinski definition) is 1. The topological polar surface area (TPSA) is 38.7 Å². The van der Waals surface area contributed by atoms with Gasteiger partial charge in [0.15, 0.2) is 5.79 Å². The normalized spacial score (nSPS) is 38.7. The first-order valence-corrected chi connectivity index (χ1v) is 7.68. The molecule has 114 valence electrons. The summed E-state index contributed by atoms with van der Waals surface area (Å²) in [4.78, 5) is 0. The third kappa shape index (κ3) is 2.19. The molecule has 2 aliphatic rings. The van der Waals surface area contributed by atoms with Gasteiger partial charge >= 0.3 is 0 Å². The van der Waals surface area contributed by atoms with Gasteiger partial charge < -0.3 is 14.6 Å². The number of rotatable bonds is 3. The molecule has 1 N–H and O–H groups in total. The van der Waals surface area contributed by atoms with Gasteiger partial charge in [-0.1, -0.05) is 39.0 Å². The molecule has 2 unspecified atom stereocenters. The Bertz CT molecular complexity index is 536. The van der Waals surface area contributed by atoms with Gasteiger partial charge in [0.25, 0.3) is 0 Å². The van der Waals surface area contributed by atoms with Gasteiger partial charge in [0.2, 0.25) is 0 Å². The molecule has 3 rings (SSSR count). The van der Waals surface area contributed by atoms with Crippen LogP contribution in [0, 0.1) is 11.3 Å². The van der Waals surface area contributed by atoms with Gasteiger partial charge in [-0.2, -0.15) is 0 Å². The molecule has 0 aromatic heterocycles. The number of phenols is 1. The maximum Gasteiger partial charge on any atom is 0.172 e. The lowest BCUT2D eigenvalue weighted by atomic mass is 9.74. The summed E-state index contributed by atoms with van der Waals surface area (Å²) in [5.41, 5.74) is 0.965. The van der Waals surface area contributed by atoms with Crippen molar-refractivity contribution in [2.75, 3.05) is 0 Å². The van der Waals surface area contributed by atoms with Crippen LogP contribution >= 0.6 is 0 Å². The van der Waals surface area contributed by atoms with Gasteiger partial charge in [-0.05, 0) is 24.1 Å². The second-order valence-corrected chi connectivity index (χ2v) is 6.84. The van der Waals surface area contributed by atoms with Crippen LogP contribution in [0.5, 0.6) is 5.75 Å². The van der Waals surface area contributed by atoms with E-state index in [1.165, 1.54) is 0 Å². The first-order valence-electron chi connectivity index (χ1n) is 7.68. The van der Waals surface area contributed by atoms with E-state index in [1.807, 2.05) is 18.2 Å². The van der Waals surface area contributed by atoms with Crippen LogP contribution in [0.2, 0.25) is 0 Å². The Kier molecular flexibility index (Phi) is 3.38. The van der Waals surface area contributed by atoms with Crippen LogP contribution in [-0.4, -0.2) is 17.0 Å². The van der Waals surface area contributed by atoms with Crippen LogP contribution in [0.15, 0.2) is 36.9 Å². The molecule has 0 saturated carbocycles. The monoisotopic (exact) mass is 288 g/mol. The van der Waals surface area contributed by atoms with E-state index in [0.29, 0.717) is 5.92 Å². The predicted octanol–water partition coefficient (Wildman–Crippen LogP) is 4.19. The van der Waals surface area contributed by atoms with Crippen molar-refractivity contribution in [2.45, 2.75) is 51.6 Å². The van der Waals surface area contributed by atoms with Crippen molar-refractivity contribution >= 4 is 0 Å². The number of benzene rings is 1. The largest absolute Gasteiger partial charge is 0.508 e. The van der Waals surface area contributed by atoms with Crippen molar-refractivity contribution in [1.29, 1.82) is 0 Å². The standard InChI is InChI=1S/C18H24O3/c1-5-17(4)10-11-18(12(2)3)20-15(16(17)21-18)13-6-8-14(19)9-7-13/h5-9,12,15-16,19H,1,10-11H2,2-4H3/t15-,16?,17+,18?/m1/s1. The molecule has 2 heterocycles. The average Bonchev–Trinajstić information content (AvgIpc) is 2.82. The van der Waals surface area contributed by atoms with Crippen LogP contribution in [-0.2, 0) is 9.47 Å². The third-order valence-corrected chi connectivity index (χ3v) is 5.16. The molecule has 1 aromatic rings. The SMILES string of the molecule is C=C[C@@]1(C)CCC2(C(C)C)OC1[C@@H](c1ccc(O)cc1)O2. The second kappa shape index (κ2) is 4.85. The lowest BCUT2D eigenvalue weighted by molar-refractivity contribution is -0.235. The van der Waals surface area contributed by atoms with Crippen molar-refractivity contribution in [3.63, 3.8) is 0 Å². The van der Waals surface area contributed by atoms with Crippen molar-refractivity contribution in [3.05, 3.63) is 42.5 Å². The van der Waals surface area contributed by atoms with Crippen LogP contribution in [0.4, 0.5) is 0 Å². The lowest BCUT2D eigenvalue weighted by Crippen LogP contribution is -2.46. The molecular weight excluding hydrogens is 264 g/mol. The van der Waals surface area contributed by atoms with Crippen molar-refractivity contribution in [3.8, 4) is 5.75 Å². The van der Waals surface area contributed by atoms with E-state index >= 15 is 0 Å². The van der Waals surface area contributed by atoms with E-state index in [9.17, 15) is 5.11 Å².